The molecule has 6 nitrogen and oxygen atoms in total. The van der Waals surface area contributed by atoms with E-state index in [-0.39, 0.29) is 19.0 Å². The highest BCUT2D eigenvalue weighted by Crippen LogP contribution is 1.97. The van der Waals surface area contributed by atoms with Gasteiger partial charge < -0.3 is 16.4 Å². The smallest absolute Gasteiger partial charge is 0.240 e. The van der Waals surface area contributed by atoms with Crippen molar-refractivity contribution in [2.75, 3.05) is 13.1 Å². The van der Waals surface area contributed by atoms with Crippen molar-refractivity contribution in [3.63, 3.8) is 0 Å². The molecule has 4 N–H and O–H groups in total. The zero-order valence-electron chi connectivity index (χ0n) is 8.87. The standard InChI is InChI=1S/C9H16N3O3/c1-6(2)7(5-13)12-9(15)4-11-8(14)3-10/h6-7H,3-4,10H2,1-2H3,(H,11,14)(H,12,15)/t7-/m1/s1. The van der Waals surface area contributed by atoms with Crippen molar-refractivity contribution in [3.8, 4) is 0 Å². The summed E-state index contributed by atoms with van der Waals surface area (Å²) < 4.78 is 0. The maximum Gasteiger partial charge on any atom is 0.240 e. The minimum absolute atomic E-state index is 0.0309. The molecule has 0 heterocycles. The van der Waals surface area contributed by atoms with Crippen molar-refractivity contribution >= 4 is 18.1 Å². The van der Waals surface area contributed by atoms with Gasteiger partial charge in [-0.1, -0.05) is 13.8 Å². The van der Waals surface area contributed by atoms with Gasteiger partial charge in [0, 0.05) is 0 Å². The van der Waals surface area contributed by atoms with E-state index in [2.05, 4.69) is 10.6 Å². The molecule has 85 valence electrons. The molecule has 1 radical (unpaired) electrons. The molecule has 2 amide bonds. The minimum Gasteiger partial charge on any atom is -0.346 e. The summed E-state index contributed by atoms with van der Waals surface area (Å²) >= 11 is 0. The first kappa shape index (κ1) is 13.6. The SMILES string of the molecule is CC(C)[C@@H]([C]=O)NC(=O)CNC(=O)CN. The van der Waals surface area contributed by atoms with E-state index in [0.29, 0.717) is 0 Å². The molecule has 0 saturated carbocycles. The Labute approximate surface area is 88.6 Å². The van der Waals surface area contributed by atoms with E-state index in [1.54, 1.807) is 20.1 Å². The molecule has 0 aromatic rings. The molecule has 6 heteroatoms. The lowest BCUT2D eigenvalue weighted by Crippen LogP contribution is -2.45. The molecule has 0 saturated heterocycles. The summed E-state index contributed by atoms with van der Waals surface area (Å²) in [5, 5.41) is 4.72. The van der Waals surface area contributed by atoms with Gasteiger partial charge in [0.1, 0.15) is 0 Å². The summed E-state index contributed by atoms with van der Waals surface area (Å²) in [6.07, 6.45) is 1.71. The van der Waals surface area contributed by atoms with Gasteiger partial charge in [-0.2, -0.15) is 0 Å². The third-order valence-corrected chi connectivity index (χ3v) is 1.74. The summed E-state index contributed by atoms with van der Waals surface area (Å²) in [6.45, 7) is 3.23. The van der Waals surface area contributed by atoms with E-state index in [0.717, 1.165) is 0 Å². The predicted molar refractivity (Wildman–Crippen MR) is 54.5 cm³/mol. The second-order valence-electron chi connectivity index (χ2n) is 3.39. The number of nitrogens with one attached hydrogen (secondary N) is 2. The third kappa shape index (κ3) is 5.79. The molecule has 0 fully saturated rings. The molecule has 0 spiro atoms. The number of carbonyl (C=O) groups excluding carboxylic acids is 3. The number of rotatable bonds is 6. The fourth-order valence-electron chi connectivity index (χ4n) is 0.808. The molecule has 0 aromatic heterocycles. The van der Waals surface area contributed by atoms with Crippen molar-refractivity contribution in [2.45, 2.75) is 19.9 Å². The van der Waals surface area contributed by atoms with Crippen LogP contribution in [0.2, 0.25) is 0 Å². The van der Waals surface area contributed by atoms with Gasteiger partial charge in [-0.15, -0.1) is 0 Å². The van der Waals surface area contributed by atoms with E-state index in [1.165, 1.54) is 0 Å². The van der Waals surface area contributed by atoms with Crippen LogP contribution in [0.5, 0.6) is 0 Å². The van der Waals surface area contributed by atoms with Crippen molar-refractivity contribution in [3.05, 3.63) is 0 Å². The van der Waals surface area contributed by atoms with Crippen LogP contribution in [-0.4, -0.2) is 37.2 Å². The van der Waals surface area contributed by atoms with Gasteiger partial charge in [0.2, 0.25) is 18.1 Å². The normalized spacial score (nSPS) is 12.0. The lowest BCUT2D eigenvalue weighted by molar-refractivity contribution is -0.125. The summed E-state index contributed by atoms with van der Waals surface area (Å²) in [6, 6.07) is -0.646. The van der Waals surface area contributed by atoms with Crippen LogP contribution in [-0.2, 0) is 14.4 Å². The summed E-state index contributed by atoms with van der Waals surface area (Å²) in [7, 11) is 0. The van der Waals surface area contributed by atoms with Crippen molar-refractivity contribution < 1.29 is 14.4 Å². The zero-order chi connectivity index (χ0) is 11.8. The zero-order valence-corrected chi connectivity index (χ0v) is 8.87. The van der Waals surface area contributed by atoms with Gasteiger partial charge in [-0.05, 0) is 5.92 Å². The second-order valence-corrected chi connectivity index (χ2v) is 3.39. The average molecular weight is 214 g/mol. The molecular formula is C9H16N3O3. The number of carbonyl (C=O) groups is 2. The van der Waals surface area contributed by atoms with Gasteiger partial charge in [0.25, 0.3) is 0 Å². The Hall–Kier alpha value is -1.43. The van der Waals surface area contributed by atoms with Crippen LogP contribution in [0, 0.1) is 5.92 Å². The third-order valence-electron chi connectivity index (χ3n) is 1.74. The number of nitrogens with two attached hydrogens (primary N) is 1. The molecule has 0 aliphatic rings. The maximum atomic E-state index is 11.2. The Morgan fingerprint density at radius 1 is 1.33 bits per heavy atom. The van der Waals surface area contributed by atoms with Gasteiger partial charge in [0.05, 0.1) is 19.1 Å². The van der Waals surface area contributed by atoms with Crippen molar-refractivity contribution in [1.82, 2.24) is 10.6 Å². The highest BCUT2D eigenvalue weighted by atomic mass is 16.2. The second kappa shape index (κ2) is 6.94. The molecule has 0 rings (SSSR count). The number of hydrogen-bond acceptors (Lipinski definition) is 4. The Morgan fingerprint density at radius 2 is 1.93 bits per heavy atom. The molecule has 0 aliphatic carbocycles. The van der Waals surface area contributed by atoms with E-state index in [1.807, 2.05) is 0 Å². The van der Waals surface area contributed by atoms with E-state index >= 15 is 0 Å². The van der Waals surface area contributed by atoms with Crippen LogP contribution < -0.4 is 16.4 Å². The molecule has 0 bridgehead atoms. The number of hydrogen-bond donors (Lipinski definition) is 3. The van der Waals surface area contributed by atoms with Crippen LogP contribution in [0.4, 0.5) is 0 Å². The van der Waals surface area contributed by atoms with E-state index in [4.69, 9.17) is 5.73 Å². The fourth-order valence-corrected chi connectivity index (χ4v) is 0.808. The highest BCUT2D eigenvalue weighted by Gasteiger charge is 2.15. The van der Waals surface area contributed by atoms with Gasteiger partial charge in [-0.3, -0.25) is 14.4 Å². The largest absolute Gasteiger partial charge is 0.346 e. The van der Waals surface area contributed by atoms with Crippen LogP contribution in [0.1, 0.15) is 13.8 Å². The molecule has 15 heavy (non-hydrogen) atoms. The average Bonchev–Trinajstić information content (AvgIpc) is 2.21. The lowest BCUT2D eigenvalue weighted by Gasteiger charge is -2.15. The highest BCUT2D eigenvalue weighted by molar-refractivity contribution is 5.86. The summed E-state index contributed by atoms with van der Waals surface area (Å²) in [4.78, 5) is 32.3. The Kier molecular flexibility index (Phi) is 6.28. The summed E-state index contributed by atoms with van der Waals surface area (Å²) in [5.74, 6) is -0.878. The van der Waals surface area contributed by atoms with Crippen LogP contribution in [0.3, 0.4) is 0 Å². The Balaban J connectivity index is 3.91. The molecule has 0 unspecified atom stereocenters. The summed E-state index contributed by atoms with van der Waals surface area (Å²) in [5.41, 5.74) is 5.03. The predicted octanol–water partition coefficient (Wildman–Crippen LogP) is -1.69. The topological polar surface area (TPSA) is 101 Å². The van der Waals surface area contributed by atoms with Gasteiger partial charge in [-0.25, -0.2) is 0 Å². The van der Waals surface area contributed by atoms with Crippen molar-refractivity contribution in [1.29, 1.82) is 0 Å². The maximum absolute atomic E-state index is 11.2. The van der Waals surface area contributed by atoms with Gasteiger partial charge >= 0.3 is 0 Å². The monoisotopic (exact) mass is 214 g/mol. The van der Waals surface area contributed by atoms with Crippen molar-refractivity contribution in [2.24, 2.45) is 11.7 Å². The molecule has 1 atom stereocenters. The quantitative estimate of drug-likeness (QED) is 0.491. The Bertz CT molecular complexity index is 241. The van der Waals surface area contributed by atoms with E-state index < -0.39 is 17.9 Å². The number of amides is 2. The Morgan fingerprint density at radius 3 is 2.33 bits per heavy atom. The van der Waals surface area contributed by atoms with Crippen LogP contribution in [0.15, 0.2) is 0 Å². The first-order valence-corrected chi connectivity index (χ1v) is 4.65. The van der Waals surface area contributed by atoms with E-state index in [9.17, 15) is 14.4 Å². The molecule has 0 aliphatic heterocycles. The molecular weight excluding hydrogens is 198 g/mol. The fraction of sp³-hybridized carbons (Fsp3) is 0.667. The molecule has 0 aromatic carbocycles. The first-order valence-electron chi connectivity index (χ1n) is 4.65. The lowest BCUT2D eigenvalue weighted by atomic mass is 10.1. The first-order chi connectivity index (χ1) is 7.01. The van der Waals surface area contributed by atoms with Crippen LogP contribution >= 0.6 is 0 Å². The van der Waals surface area contributed by atoms with Crippen LogP contribution in [0.25, 0.3) is 0 Å². The van der Waals surface area contributed by atoms with Gasteiger partial charge in [0.15, 0.2) is 0 Å². The minimum atomic E-state index is -0.646.